The fourth-order valence-electron chi connectivity index (χ4n) is 2.78. The van der Waals surface area contributed by atoms with E-state index in [1.807, 2.05) is 45.0 Å². The maximum absolute atomic E-state index is 13.4. The lowest BCUT2D eigenvalue weighted by Gasteiger charge is -2.20. The van der Waals surface area contributed by atoms with Crippen molar-refractivity contribution in [1.82, 2.24) is 30.5 Å². The number of aromatic nitrogens is 3. The van der Waals surface area contributed by atoms with Gasteiger partial charge in [0.15, 0.2) is 11.0 Å². The molecule has 1 unspecified atom stereocenters. The van der Waals surface area contributed by atoms with Crippen molar-refractivity contribution >= 4 is 23.6 Å². The highest BCUT2D eigenvalue weighted by molar-refractivity contribution is 7.99. The van der Waals surface area contributed by atoms with E-state index in [4.69, 9.17) is 0 Å². The monoisotopic (exact) mass is 456 g/mol. The van der Waals surface area contributed by atoms with Crippen LogP contribution in [0.2, 0.25) is 0 Å². The Hall–Kier alpha value is -3.24. The van der Waals surface area contributed by atoms with Crippen molar-refractivity contribution in [3.05, 3.63) is 71.3 Å². The maximum atomic E-state index is 13.4. The van der Waals surface area contributed by atoms with E-state index in [-0.39, 0.29) is 17.6 Å². The van der Waals surface area contributed by atoms with E-state index in [1.165, 1.54) is 23.9 Å². The van der Waals surface area contributed by atoms with Crippen LogP contribution < -0.4 is 10.9 Å². The van der Waals surface area contributed by atoms with Crippen LogP contribution in [-0.4, -0.2) is 51.3 Å². The Labute approximate surface area is 190 Å². The van der Waals surface area contributed by atoms with Gasteiger partial charge < -0.3 is 0 Å². The zero-order chi connectivity index (χ0) is 23.3. The standard InChI is InChI=1S/C22H25FN6O2S/c1-14-5-7-16(8-6-14)21(31)26-24-19(30)13-32-22-27-25-20(15(2)28(3)4)29(22)18-11-9-17(23)10-12-18/h5-12,15H,13H2,1-4H3,(H,24,30)(H,26,31). The summed E-state index contributed by atoms with van der Waals surface area (Å²) in [6.45, 7) is 3.90. The van der Waals surface area contributed by atoms with Gasteiger partial charge in [-0.3, -0.25) is 29.9 Å². The van der Waals surface area contributed by atoms with Gasteiger partial charge in [0, 0.05) is 11.3 Å². The van der Waals surface area contributed by atoms with Crippen LogP contribution in [0.25, 0.3) is 5.69 Å². The predicted octanol–water partition coefficient (Wildman–Crippen LogP) is 2.89. The van der Waals surface area contributed by atoms with Gasteiger partial charge in [0.25, 0.3) is 5.91 Å². The van der Waals surface area contributed by atoms with Crippen molar-refractivity contribution in [2.45, 2.75) is 25.0 Å². The smallest absolute Gasteiger partial charge is 0.269 e. The number of nitrogens with zero attached hydrogens (tertiary/aromatic N) is 4. The van der Waals surface area contributed by atoms with Gasteiger partial charge in [0.05, 0.1) is 11.8 Å². The molecule has 0 aliphatic heterocycles. The van der Waals surface area contributed by atoms with Crippen LogP contribution in [0.5, 0.6) is 0 Å². The van der Waals surface area contributed by atoms with E-state index >= 15 is 0 Å². The highest BCUT2D eigenvalue weighted by Crippen LogP contribution is 2.26. The molecule has 1 heterocycles. The number of carbonyl (C=O) groups excluding carboxylic acids is 2. The number of hydrogen-bond donors (Lipinski definition) is 2. The Bertz CT molecular complexity index is 1080. The fraction of sp³-hybridized carbons (Fsp3) is 0.273. The van der Waals surface area contributed by atoms with Gasteiger partial charge in [-0.25, -0.2) is 4.39 Å². The van der Waals surface area contributed by atoms with E-state index in [1.54, 1.807) is 28.8 Å². The number of aryl methyl sites for hydroxylation is 1. The molecule has 0 aliphatic carbocycles. The molecule has 10 heteroatoms. The molecule has 0 spiro atoms. The Morgan fingerprint density at radius 3 is 2.34 bits per heavy atom. The lowest BCUT2D eigenvalue weighted by atomic mass is 10.1. The summed E-state index contributed by atoms with van der Waals surface area (Å²) in [5.41, 5.74) is 6.98. The zero-order valence-corrected chi connectivity index (χ0v) is 19.1. The van der Waals surface area contributed by atoms with E-state index in [0.29, 0.717) is 22.2 Å². The number of thioether (sulfide) groups is 1. The summed E-state index contributed by atoms with van der Waals surface area (Å²) in [7, 11) is 3.84. The minimum absolute atomic E-state index is 0.00382. The van der Waals surface area contributed by atoms with Crippen LogP contribution in [0, 0.1) is 12.7 Å². The molecule has 0 bridgehead atoms. The summed E-state index contributed by atoms with van der Waals surface area (Å²) in [5.74, 6) is -0.477. The molecule has 1 aromatic heterocycles. The number of benzene rings is 2. The number of hydrogen-bond acceptors (Lipinski definition) is 6. The van der Waals surface area contributed by atoms with Gasteiger partial charge in [-0.2, -0.15) is 0 Å². The van der Waals surface area contributed by atoms with Crippen LogP contribution in [0.3, 0.4) is 0 Å². The van der Waals surface area contributed by atoms with E-state index in [9.17, 15) is 14.0 Å². The van der Waals surface area contributed by atoms with Gasteiger partial charge in [-0.05, 0) is 64.3 Å². The third-order valence-corrected chi connectivity index (χ3v) is 5.78. The summed E-state index contributed by atoms with van der Waals surface area (Å²) < 4.78 is 15.2. The van der Waals surface area contributed by atoms with E-state index in [0.717, 1.165) is 5.56 Å². The molecular weight excluding hydrogens is 431 g/mol. The van der Waals surface area contributed by atoms with E-state index < -0.39 is 11.8 Å². The maximum Gasteiger partial charge on any atom is 0.269 e. The third-order valence-electron chi connectivity index (χ3n) is 4.85. The highest BCUT2D eigenvalue weighted by atomic mass is 32.2. The average Bonchev–Trinajstić information content (AvgIpc) is 3.20. The lowest BCUT2D eigenvalue weighted by Crippen LogP contribution is -2.42. The van der Waals surface area contributed by atoms with Crippen LogP contribution in [0.4, 0.5) is 4.39 Å². The first-order valence-electron chi connectivity index (χ1n) is 9.92. The quantitative estimate of drug-likeness (QED) is 0.420. The van der Waals surface area contributed by atoms with Gasteiger partial charge in [0.2, 0.25) is 5.91 Å². The van der Waals surface area contributed by atoms with Crippen molar-refractivity contribution in [3.8, 4) is 5.69 Å². The van der Waals surface area contributed by atoms with Crippen molar-refractivity contribution in [1.29, 1.82) is 0 Å². The molecule has 0 saturated carbocycles. The van der Waals surface area contributed by atoms with Gasteiger partial charge in [-0.15, -0.1) is 10.2 Å². The Balaban J connectivity index is 1.68. The first-order valence-corrected chi connectivity index (χ1v) is 10.9. The normalized spacial score (nSPS) is 11.9. The van der Waals surface area contributed by atoms with Crippen molar-refractivity contribution in [3.63, 3.8) is 0 Å². The molecule has 168 valence electrons. The molecule has 3 aromatic rings. The molecule has 8 nitrogen and oxygen atoms in total. The number of carbonyl (C=O) groups is 2. The van der Waals surface area contributed by atoms with Gasteiger partial charge >= 0.3 is 0 Å². The fourth-order valence-corrected chi connectivity index (χ4v) is 3.54. The summed E-state index contributed by atoms with van der Waals surface area (Å²) in [6, 6.07) is 12.9. The minimum Gasteiger partial charge on any atom is -0.300 e. The average molecular weight is 457 g/mol. The molecular formula is C22H25FN6O2S. The van der Waals surface area contributed by atoms with Crippen LogP contribution >= 0.6 is 11.8 Å². The first kappa shape index (κ1) is 23.4. The van der Waals surface area contributed by atoms with Crippen molar-refractivity contribution in [2.24, 2.45) is 0 Å². The first-order chi connectivity index (χ1) is 15.3. The second kappa shape index (κ2) is 10.4. The summed E-state index contributed by atoms with van der Waals surface area (Å²) >= 11 is 1.17. The third kappa shape index (κ3) is 5.71. The van der Waals surface area contributed by atoms with Gasteiger partial charge in [0.1, 0.15) is 5.82 Å². The molecule has 0 aliphatic rings. The molecule has 0 saturated heterocycles. The Kier molecular flexibility index (Phi) is 7.60. The SMILES string of the molecule is Cc1ccc(C(=O)NNC(=O)CSc2nnc(C(C)N(C)C)n2-c2ccc(F)cc2)cc1. The number of halogens is 1. The molecule has 1 atom stereocenters. The summed E-state index contributed by atoms with van der Waals surface area (Å²) in [4.78, 5) is 26.4. The molecule has 2 amide bonds. The lowest BCUT2D eigenvalue weighted by molar-refractivity contribution is -0.119. The number of hydrazine groups is 1. The number of amides is 2. The molecule has 2 aromatic carbocycles. The zero-order valence-electron chi connectivity index (χ0n) is 18.3. The van der Waals surface area contributed by atoms with Crippen LogP contribution in [0.15, 0.2) is 53.7 Å². The van der Waals surface area contributed by atoms with E-state index in [2.05, 4.69) is 21.0 Å². The van der Waals surface area contributed by atoms with Crippen LogP contribution in [-0.2, 0) is 4.79 Å². The minimum atomic E-state index is -0.403. The molecule has 32 heavy (non-hydrogen) atoms. The second-order valence-corrected chi connectivity index (χ2v) is 8.39. The Morgan fingerprint density at radius 1 is 1.06 bits per heavy atom. The Morgan fingerprint density at radius 2 is 1.72 bits per heavy atom. The summed E-state index contributed by atoms with van der Waals surface area (Å²) in [5, 5.41) is 9.01. The largest absolute Gasteiger partial charge is 0.300 e. The topological polar surface area (TPSA) is 92.2 Å². The molecule has 2 N–H and O–H groups in total. The summed E-state index contributed by atoms with van der Waals surface area (Å²) in [6.07, 6.45) is 0. The second-order valence-electron chi connectivity index (χ2n) is 7.45. The van der Waals surface area contributed by atoms with Crippen molar-refractivity contribution < 1.29 is 14.0 Å². The molecule has 3 rings (SSSR count). The predicted molar refractivity (Wildman–Crippen MR) is 121 cm³/mol. The molecule has 0 radical (unpaired) electrons. The van der Waals surface area contributed by atoms with Crippen molar-refractivity contribution in [2.75, 3.05) is 19.8 Å². The van der Waals surface area contributed by atoms with Gasteiger partial charge in [-0.1, -0.05) is 29.5 Å². The number of rotatable bonds is 7. The van der Waals surface area contributed by atoms with Crippen LogP contribution in [0.1, 0.15) is 34.7 Å². The highest BCUT2D eigenvalue weighted by Gasteiger charge is 2.21. The number of nitrogens with one attached hydrogen (secondary N) is 2. The molecule has 0 fully saturated rings.